The third-order valence-corrected chi connectivity index (χ3v) is 4.75. The Labute approximate surface area is 163 Å². The Morgan fingerprint density at radius 1 is 1.15 bits per heavy atom. The van der Waals surface area contributed by atoms with Crippen LogP contribution in [0.1, 0.15) is 12.5 Å². The first-order valence-corrected chi connectivity index (χ1v) is 9.42. The molecule has 1 aliphatic heterocycles. The zero-order chi connectivity index (χ0) is 18.4. The lowest BCUT2D eigenvalue weighted by atomic mass is 10.2. The van der Waals surface area contributed by atoms with Gasteiger partial charge in [0.2, 0.25) is 5.95 Å². The first kappa shape index (κ1) is 18.7. The Bertz CT molecular complexity index is 745. The van der Waals surface area contributed by atoms with Crippen LogP contribution >= 0.6 is 23.2 Å². The van der Waals surface area contributed by atoms with Gasteiger partial charge >= 0.3 is 0 Å². The number of halogens is 2. The summed E-state index contributed by atoms with van der Waals surface area (Å²) in [5, 5.41) is 4.64. The molecule has 2 aromatic rings. The smallest absolute Gasteiger partial charge is 0.225 e. The van der Waals surface area contributed by atoms with E-state index in [9.17, 15) is 0 Å². The number of hydrogen-bond acceptors (Lipinski definition) is 4. The first-order valence-electron chi connectivity index (χ1n) is 8.66. The van der Waals surface area contributed by atoms with E-state index < -0.39 is 0 Å². The van der Waals surface area contributed by atoms with E-state index in [4.69, 9.17) is 28.2 Å². The summed E-state index contributed by atoms with van der Waals surface area (Å²) in [6.07, 6.45) is 3.55. The van der Waals surface area contributed by atoms with E-state index in [0.29, 0.717) is 16.6 Å². The Balaban J connectivity index is 1.64. The van der Waals surface area contributed by atoms with Gasteiger partial charge in [-0.15, -0.1) is 0 Å². The van der Waals surface area contributed by atoms with Crippen molar-refractivity contribution < 1.29 is 0 Å². The van der Waals surface area contributed by atoms with Crippen LogP contribution in [-0.2, 0) is 6.54 Å². The van der Waals surface area contributed by atoms with Crippen molar-refractivity contribution in [3.63, 3.8) is 0 Å². The molecule has 0 amide bonds. The molecule has 1 N–H and O–H groups in total. The number of guanidine groups is 1. The minimum absolute atomic E-state index is 0.514. The van der Waals surface area contributed by atoms with Crippen molar-refractivity contribution in [2.75, 3.05) is 37.6 Å². The summed E-state index contributed by atoms with van der Waals surface area (Å²) in [7, 11) is 0. The van der Waals surface area contributed by atoms with Crippen molar-refractivity contribution in [1.82, 2.24) is 20.2 Å². The fourth-order valence-electron chi connectivity index (χ4n) is 2.81. The average molecular weight is 393 g/mol. The second-order valence-corrected chi connectivity index (χ2v) is 6.77. The lowest BCUT2D eigenvalue weighted by Crippen LogP contribution is -2.52. The predicted octanol–water partition coefficient (Wildman–Crippen LogP) is 3.07. The highest BCUT2D eigenvalue weighted by atomic mass is 35.5. The quantitative estimate of drug-likeness (QED) is 0.639. The number of piperazine rings is 1. The van der Waals surface area contributed by atoms with Crippen LogP contribution in [0, 0.1) is 0 Å². The molecule has 0 saturated carbocycles. The van der Waals surface area contributed by atoms with Gasteiger partial charge in [-0.1, -0.05) is 29.3 Å². The van der Waals surface area contributed by atoms with Gasteiger partial charge in [0.1, 0.15) is 0 Å². The molecule has 8 heteroatoms. The van der Waals surface area contributed by atoms with E-state index in [-0.39, 0.29) is 0 Å². The van der Waals surface area contributed by atoms with Crippen molar-refractivity contribution in [2.24, 2.45) is 4.99 Å². The van der Waals surface area contributed by atoms with E-state index in [1.165, 1.54) is 0 Å². The van der Waals surface area contributed by atoms with Crippen LogP contribution in [0.3, 0.4) is 0 Å². The number of aliphatic imine (C=N–C) groups is 1. The lowest BCUT2D eigenvalue weighted by molar-refractivity contribution is 0.370. The summed E-state index contributed by atoms with van der Waals surface area (Å²) in [5.74, 6) is 1.68. The Hall–Kier alpha value is -2.05. The Morgan fingerprint density at radius 3 is 2.54 bits per heavy atom. The second-order valence-electron chi connectivity index (χ2n) is 5.93. The largest absolute Gasteiger partial charge is 0.357 e. The highest BCUT2D eigenvalue weighted by Crippen LogP contribution is 2.21. The zero-order valence-corrected chi connectivity index (χ0v) is 16.2. The molecule has 26 heavy (non-hydrogen) atoms. The molecule has 0 bridgehead atoms. The number of hydrogen-bond donors (Lipinski definition) is 1. The molecule has 0 aliphatic carbocycles. The summed E-state index contributed by atoms with van der Waals surface area (Å²) >= 11 is 12.2. The third kappa shape index (κ3) is 4.77. The van der Waals surface area contributed by atoms with Crippen molar-refractivity contribution in [1.29, 1.82) is 0 Å². The predicted molar refractivity (Wildman–Crippen MR) is 107 cm³/mol. The maximum Gasteiger partial charge on any atom is 0.225 e. The molecule has 2 heterocycles. The molecule has 0 unspecified atom stereocenters. The van der Waals surface area contributed by atoms with Crippen molar-refractivity contribution >= 4 is 35.1 Å². The van der Waals surface area contributed by atoms with Gasteiger partial charge in [0.25, 0.3) is 0 Å². The third-order valence-electron chi connectivity index (χ3n) is 4.16. The molecule has 1 saturated heterocycles. The van der Waals surface area contributed by atoms with Crippen molar-refractivity contribution in [3.8, 4) is 0 Å². The minimum atomic E-state index is 0.514. The lowest BCUT2D eigenvalue weighted by Gasteiger charge is -2.36. The molecule has 1 aromatic heterocycles. The van der Waals surface area contributed by atoms with Crippen molar-refractivity contribution in [2.45, 2.75) is 13.5 Å². The number of aromatic nitrogens is 2. The van der Waals surface area contributed by atoms with Crippen LogP contribution < -0.4 is 10.2 Å². The van der Waals surface area contributed by atoms with Gasteiger partial charge in [0.15, 0.2) is 5.96 Å². The summed E-state index contributed by atoms with van der Waals surface area (Å²) in [6, 6.07) is 7.34. The van der Waals surface area contributed by atoms with E-state index in [2.05, 4.69) is 32.0 Å². The molecule has 0 spiro atoms. The molecular formula is C18H22Cl2N6. The van der Waals surface area contributed by atoms with Gasteiger partial charge in [-0.3, -0.25) is 0 Å². The molecule has 0 radical (unpaired) electrons. The van der Waals surface area contributed by atoms with E-state index >= 15 is 0 Å². The molecule has 6 nitrogen and oxygen atoms in total. The van der Waals surface area contributed by atoms with Crippen LogP contribution in [0.25, 0.3) is 0 Å². The fraction of sp³-hybridized carbons (Fsp3) is 0.389. The van der Waals surface area contributed by atoms with Crippen LogP contribution in [0.5, 0.6) is 0 Å². The first-order chi connectivity index (χ1) is 12.7. The van der Waals surface area contributed by atoms with Gasteiger partial charge in [0, 0.05) is 55.2 Å². The normalized spacial score (nSPS) is 15.3. The number of rotatable bonds is 4. The fourth-order valence-corrected chi connectivity index (χ4v) is 3.28. The van der Waals surface area contributed by atoms with Gasteiger partial charge in [-0.25, -0.2) is 15.0 Å². The summed E-state index contributed by atoms with van der Waals surface area (Å²) < 4.78 is 0. The molecular weight excluding hydrogens is 371 g/mol. The summed E-state index contributed by atoms with van der Waals surface area (Å²) in [6.45, 7) is 6.83. The number of nitrogens with zero attached hydrogens (tertiary/aromatic N) is 5. The molecule has 0 atom stereocenters. The van der Waals surface area contributed by atoms with Crippen LogP contribution in [0.4, 0.5) is 5.95 Å². The van der Waals surface area contributed by atoms with Gasteiger partial charge in [-0.2, -0.15) is 0 Å². The van der Waals surface area contributed by atoms with Crippen LogP contribution in [-0.4, -0.2) is 53.6 Å². The van der Waals surface area contributed by atoms with Crippen molar-refractivity contribution in [3.05, 3.63) is 52.3 Å². The SMILES string of the molecule is CCNC(=NCc1ccc(Cl)cc1Cl)N1CCN(c2ncccn2)CC1. The summed E-state index contributed by atoms with van der Waals surface area (Å²) in [5.41, 5.74) is 0.961. The van der Waals surface area contributed by atoms with Gasteiger partial charge in [0.05, 0.1) is 6.54 Å². The van der Waals surface area contributed by atoms with Gasteiger partial charge < -0.3 is 15.1 Å². The molecule has 1 aromatic carbocycles. The van der Waals surface area contributed by atoms with Crippen LogP contribution in [0.2, 0.25) is 10.0 Å². The maximum atomic E-state index is 6.25. The Morgan fingerprint density at radius 2 is 1.88 bits per heavy atom. The monoisotopic (exact) mass is 392 g/mol. The van der Waals surface area contributed by atoms with Crippen LogP contribution in [0.15, 0.2) is 41.7 Å². The highest BCUT2D eigenvalue weighted by molar-refractivity contribution is 6.35. The van der Waals surface area contributed by atoms with E-state index in [0.717, 1.165) is 50.2 Å². The molecule has 1 fully saturated rings. The molecule has 1 aliphatic rings. The number of benzene rings is 1. The van der Waals surface area contributed by atoms with Gasteiger partial charge in [-0.05, 0) is 30.7 Å². The van der Waals surface area contributed by atoms with E-state index in [1.54, 1.807) is 18.5 Å². The second kappa shape index (κ2) is 9.05. The van der Waals surface area contributed by atoms with E-state index in [1.807, 2.05) is 18.2 Å². The molecule has 138 valence electrons. The number of nitrogens with one attached hydrogen (secondary N) is 1. The maximum absolute atomic E-state index is 6.25. The Kier molecular flexibility index (Phi) is 6.52. The minimum Gasteiger partial charge on any atom is -0.357 e. The molecule has 3 rings (SSSR count). The topological polar surface area (TPSA) is 56.7 Å². The summed E-state index contributed by atoms with van der Waals surface area (Å²) in [4.78, 5) is 17.8. The highest BCUT2D eigenvalue weighted by Gasteiger charge is 2.21. The zero-order valence-electron chi connectivity index (χ0n) is 14.7. The average Bonchev–Trinajstić information content (AvgIpc) is 2.67. The standard InChI is InChI=1S/C18H22Cl2N6/c1-2-21-17(24-13-14-4-5-15(19)12-16(14)20)25-8-10-26(11-9-25)18-22-6-3-7-23-18/h3-7,12H,2,8-11,13H2,1H3,(H,21,24). The number of anilines is 1.